The summed E-state index contributed by atoms with van der Waals surface area (Å²) in [5, 5.41) is 3.37. The lowest BCUT2D eigenvalue weighted by Gasteiger charge is -2.19. The van der Waals surface area contributed by atoms with E-state index in [4.69, 9.17) is 16.3 Å². The van der Waals surface area contributed by atoms with Crippen LogP contribution in [0.1, 0.15) is 19.8 Å². The van der Waals surface area contributed by atoms with E-state index in [9.17, 15) is 8.42 Å². The van der Waals surface area contributed by atoms with Crippen molar-refractivity contribution >= 4 is 27.4 Å². The third-order valence-electron chi connectivity index (χ3n) is 3.18. The molecule has 21 heavy (non-hydrogen) atoms. The Balaban J connectivity index is 2.21. The Labute approximate surface area is 130 Å². The average Bonchev–Trinajstić information content (AvgIpc) is 2.75. The Hall–Kier alpha value is -0.890. The molecule has 0 aromatic carbocycles. The van der Waals surface area contributed by atoms with E-state index in [2.05, 4.69) is 10.3 Å². The molecule has 0 aliphatic carbocycles. The largest absolute Gasteiger partial charge is 0.380 e. The molecule has 2 rings (SSSR count). The van der Waals surface area contributed by atoms with Crippen LogP contribution in [0.2, 0.25) is 5.02 Å². The van der Waals surface area contributed by atoms with E-state index in [1.165, 1.54) is 16.6 Å². The van der Waals surface area contributed by atoms with Crippen molar-refractivity contribution in [2.24, 2.45) is 0 Å². The molecule has 2 heterocycles. The molecule has 1 aliphatic heterocycles. The summed E-state index contributed by atoms with van der Waals surface area (Å²) >= 11 is 6.11. The Morgan fingerprint density at radius 1 is 1.43 bits per heavy atom. The number of anilines is 1. The molecule has 0 bridgehead atoms. The second-order valence-electron chi connectivity index (χ2n) is 4.80. The fourth-order valence-corrected chi connectivity index (χ4v) is 3.78. The van der Waals surface area contributed by atoms with E-state index >= 15 is 0 Å². The predicted octanol–water partition coefficient (Wildman–Crippen LogP) is 1.97. The van der Waals surface area contributed by atoms with Crippen LogP contribution in [0, 0.1) is 0 Å². The van der Waals surface area contributed by atoms with E-state index < -0.39 is 10.0 Å². The quantitative estimate of drug-likeness (QED) is 0.892. The Kier molecular flexibility index (Phi) is 5.80. The highest BCUT2D eigenvalue weighted by molar-refractivity contribution is 7.89. The van der Waals surface area contributed by atoms with Gasteiger partial charge in [0.25, 0.3) is 0 Å². The summed E-state index contributed by atoms with van der Waals surface area (Å²) in [7, 11) is -3.57. The van der Waals surface area contributed by atoms with Crippen LogP contribution < -0.4 is 5.32 Å². The lowest BCUT2D eigenvalue weighted by Crippen LogP contribution is -2.33. The lowest BCUT2D eigenvalue weighted by atomic mass is 10.4. The number of rotatable bonds is 5. The highest BCUT2D eigenvalue weighted by Crippen LogP contribution is 2.25. The van der Waals surface area contributed by atoms with Crippen LogP contribution in [0.4, 0.5) is 5.82 Å². The third-order valence-corrected chi connectivity index (χ3v) is 5.33. The fourth-order valence-electron chi connectivity index (χ4n) is 2.05. The van der Waals surface area contributed by atoms with E-state index in [1.807, 2.05) is 6.92 Å². The number of halogens is 1. The molecule has 1 N–H and O–H groups in total. The third kappa shape index (κ3) is 4.06. The first-order valence-electron chi connectivity index (χ1n) is 7.03. The first-order chi connectivity index (χ1) is 10.1. The molecular weight excluding hydrogens is 314 g/mol. The second-order valence-corrected chi connectivity index (χ2v) is 7.14. The maximum absolute atomic E-state index is 12.6. The number of nitrogens with zero attached hydrogens (tertiary/aromatic N) is 2. The van der Waals surface area contributed by atoms with Crippen molar-refractivity contribution in [3.05, 3.63) is 17.3 Å². The number of hydrogen-bond acceptors (Lipinski definition) is 5. The molecule has 1 aromatic heterocycles. The zero-order chi connectivity index (χ0) is 15.3. The number of nitrogens with one attached hydrogen (secondary N) is 1. The van der Waals surface area contributed by atoms with Gasteiger partial charge in [0, 0.05) is 32.4 Å². The van der Waals surface area contributed by atoms with Crippen LogP contribution in [0.5, 0.6) is 0 Å². The molecule has 1 aromatic rings. The van der Waals surface area contributed by atoms with Crippen molar-refractivity contribution in [2.45, 2.75) is 24.7 Å². The summed E-state index contributed by atoms with van der Waals surface area (Å²) in [6.07, 6.45) is 2.98. The zero-order valence-corrected chi connectivity index (χ0v) is 13.6. The summed E-state index contributed by atoms with van der Waals surface area (Å²) in [6.45, 7) is 4.58. The van der Waals surface area contributed by atoms with Gasteiger partial charge in [0.2, 0.25) is 10.0 Å². The van der Waals surface area contributed by atoms with Gasteiger partial charge in [-0.2, -0.15) is 4.31 Å². The van der Waals surface area contributed by atoms with Gasteiger partial charge in [-0.1, -0.05) is 18.5 Å². The topological polar surface area (TPSA) is 71.5 Å². The molecule has 6 nitrogen and oxygen atoms in total. The predicted molar refractivity (Wildman–Crippen MR) is 82.2 cm³/mol. The van der Waals surface area contributed by atoms with Gasteiger partial charge in [-0.3, -0.25) is 0 Å². The first kappa shape index (κ1) is 16.5. The van der Waals surface area contributed by atoms with E-state index in [1.54, 1.807) is 0 Å². The van der Waals surface area contributed by atoms with E-state index in [0.717, 1.165) is 13.0 Å². The molecule has 1 fully saturated rings. The van der Waals surface area contributed by atoms with Crippen molar-refractivity contribution in [3.63, 3.8) is 0 Å². The van der Waals surface area contributed by atoms with Crippen LogP contribution in [-0.2, 0) is 14.8 Å². The number of ether oxygens (including phenoxy) is 1. The maximum Gasteiger partial charge on any atom is 0.244 e. The molecule has 8 heteroatoms. The summed E-state index contributed by atoms with van der Waals surface area (Å²) in [6, 6.07) is 1.45. The number of sulfonamides is 1. The first-order valence-corrected chi connectivity index (χ1v) is 8.85. The van der Waals surface area contributed by atoms with Gasteiger partial charge in [0.05, 0.1) is 11.6 Å². The van der Waals surface area contributed by atoms with Crippen LogP contribution in [-0.4, -0.2) is 50.6 Å². The van der Waals surface area contributed by atoms with E-state index in [-0.39, 0.29) is 4.90 Å². The van der Waals surface area contributed by atoms with Crippen molar-refractivity contribution in [1.29, 1.82) is 0 Å². The summed E-state index contributed by atoms with van der Waals surface area (Å²) in [5.74, 6) is 0.511. The molecule has 0 atom stereocenters. The minimum Gasteiger partial charge on any atom is -0.380 e. The number of pyridine rings is 1. The molecule has 0 spiro atoms. The Morgan fingerprint density at radius 2 is 2.24 bits per heavy atom. The van der Waals surface area contributed by atoms with Gasteiger partial charge >= 0.3 is 0 Å². The molecule has 0 amide bonds. The Bertz CT molecular complexity index is 572. The van der Waals surface area contributed by atoms with Crippen LogP contribution in [0.25, 0.3) is 0 Å². The van der Waals surface area contributed by atoms with Crippen molar-refractivity contribution in [2.75, 3.05) is 38.2 Å². The van der Waals surface area contributed by atoms with Crippen LogP contribution in [0.3, 0.4) is 0 Å². The summed E-state index contributed by atoms with van der Waals surface area (Å²) < 4.78 is 31.8. The second kappa shape index (κ2) is 7.40. The van der Waals surface area contributed by atoms with Gasteiger partial charge in [-0.15, -0.1) is 0 Å². The smallest absolute Gasteiger partial charge is 0.244 e. The summed E-state index contributed by atoms with van der Waals surface area (Å²) in [5.41, 5.74) is 0. The van der Waals surface area contributed by atoms with Gasteiger partial charge in [0.15, 0.2) is 0 Å². The van der Waals surface area contributed by atoms with Gasteiger partial charge < -0.3 is 10.1 Å². The minimum absolute atomic E-state index is 0.122. The van der Waals surface area contributed by atoms with E-state index in [0.29, 0.717) is 43.6 Å². The molecule has 0 saturated carbocycles. The molecule has 1 saturated heterocycles. The standard InChI is InChI=1S/C13H20ClN3O3S/c1-2-4-15-13-12(14)9-11(10-16-13)21(18,19)17-5-3-7-20-8-6-17/h9-10H,2-8H2,1H3,(H,15,16). The molecular formula is C13H20ClN3O3S. The fraction of sp³-hybridized carbons (Fsp3) is 0.615. The molecule has 0 unspecified atom stereocenters. The zero-order valence-electron chi connectivity index (χ0n) is 12.0. The SMILES string of the molecule is CCCNc1ncc(S(=O)(=O)N2CCCOCC2)cc1Cl. The van der Waals surface area contributed by atoms with Crippen molar-refractivity contribution in [3.8, 4) is 0 Å². The van der Waals surface area contributed by atoms with Gasteiger partial charge in [-0.05, 0) is 18.9 Å². The van der Waals surface area contributed by atoms with Gasteiger partial charge in [0.1, 0.15) is 10.7 Å². The normalized spacial score (nSPS) is 17.4. The molecule has 1 aliphatic rings. The molecule has 0 radical (unpaired) electrons. The monoisotopic (exact) mass is 333 g/mol. The van der Waals surface area contributed by atoms with Crippen molar-refractivity contribution < 1.29 is 13.2 Å². The van der Waals surface area contributed by atoms with Crippen molar-refractivity contribution in [1.82, 2.24) is 9.29 Å². The highest BCUT2D eigenvalue weighted by atomic mass is 35.5. The van der Waals surface area contributed by atoms with Crippen LogP contribution in [0.15, 0.2) is 17.2 Å². The maximum atomic E-state index is 12.6. The lowest BCUT2D eigenvalue weighted by molar-refractivity contribution is 0.148. The molecule has 118 valence electrons. The highest BCUT2D eigenvalue weighted by Gasteiger charge is 2.26. The average molecular weight is 334 g/mol. The van der Waals surface area contributed by atoms with Gasteiger partial charge in [-0.25, -0.2) is 13.4 Å². The minimum atomic E-state index is -3.57. The number of aromatic nitrogens is 1. The Morgan fingerprint density at radius 3 is 2.95 bits per heavy atom. The number of hydrogen-bond donors (Lipinski definition) is 1. The van der Waals surface area contributed by atoms with Crippen LogP contribution >= 0.6 is 11.6 Å². The summed E-state index contributed by atoms with van der Waals surface area (Å²) in [4.78, 5) is 4.24.